The SMILES string of the molecule is OC1CCCCCC1NC1CCC2CCCCC2C1. The van der Waals surface area contributed by atoms with Crippen molar-refractivity contribution in [2.45, 2.75) is 95.2 Å². The second-order valence-electron chi connectivity index (χ2n) is 7.29. The molecule has 0 amide bonds. The largest absolute Gasteiger partial charge is 0.392 e. The van der Waals surface area contributed by atoms with Gasteiger partial charge in [0.1, 0.15) is 0 Å². The first-order chi connectivity index (χ1) is 9.33. The highest BCUT2D eigenvalue weighted by Crippen LogP contribution is 2.40. The minimum absolute atomic E-state index is 0.0911. The summed E-state index contributed by atoms with van der Waals surface area (Å²) in [6, 6.07) is 1.07. The molecular weight excluding hydrogens is 234 g/mol. The second-order valence-corrected chi connectivity index (χ2v) is 7.29. The summed E-state index contributed by atoms with van der Waals surface area (Å²) >= 11 is 0. The minimum atomic E-state index is -0.0911. The van der Waals surface area contributed by atoms with E-state index in [0.717, 1.165) is 18.3 Å². The van der Waals surface area contributed by atoms with Gasteiger partial charge in [0.15, 0.2) is 0 Å². The van der Waals surface area contributed by atoms with Gasteiger partial charge in [-0.3, -0.25) is 0 Å². The summed E-state index contributed by atoms with van der Waals surface area (Å²) in [5.41, 5.74) is 0. The highest BCUT2D eigenvalue weighted by atomic mass is 16.3. The molecule has 2 N–H and O–H groups in total. The standard InChI is InChI=1S/C17H31NO/c19-17-9-3-1-2-8-16(17)18-15-11-10-13-6-4-5-7-14(13)12-15/h13-19H,1-12H2. The number of rotatable bonds is 2. The molecule has 3 rings (SSSR count). The molecule has 3 aliphatic carbocycles. The lowest BCUT2D eigenvalue weighted by molar-refractivity contribution is 0.0898. The molecule has 19 heavy (non-hydrogen) atoms. The first kappa shape index (κ1) is 13.9. The Hall–Kier alpha value is -0.0800. The predicted molar refractivity (Wildman–Crippen MR) is 79.1 cm³/mol. The average molecular weight is 265 g/mol. The fourth-order valence-electron chi connectivity index (χ4n) is 4.81. The molecular formula is C17H31NO. The van der Waals surface area contributed by atoms with Gasteiger partial charge in [-0.05, 0) is 43.9 Å². The van der Waals surface area contributed by atoms with Crippen molar-refractivity contribution in [2.24, 2.45) is 11.8 Å². The fourth-order valence-corrected chi connectivity index (χ4v) is 4.81. The van der Waals surface area contributed by atoms with Crippen LogP contribution in [0.1, 0.15) is 77.0 Å². The van der Waals surface area contributed by atoms with Crippen LogP contribution < -0.4 is 5.32 Å². The third kappa shape index (κ3) is 3.52. The molecule has 2 nitrogen and oxygen atoms in total. The maximum Gasteiger partial charge on any atom is 0.0693 e. The topological polar surface area (TPSA) is 32.3 Å². The Labute approximate surface area is 118 Å². The predicted octanol–water partition coefficient (Wildman–Crippen LogP) is 3.63. The van der Waals surface area contributed by atoms with Gasteiger partial charge in [0, 0.05) is 12.1 Å². The maximum absolute atomic E-state index is 10.2. The van der Waals surface area contributed by atoms with Crippen LogP contribution in [0, 0.1) is 11.8 Å². The van der Waals surface area contributed by atoms with E-state index in [4.69, 9.17) is 0 Å². The number of hydrogen-bond acceptors (Lipinski definition) is 2. The van der Waals surface area contributed by atoms with Gasteiger partial charge < -0.3 is 10.4 Å². The van der Waals surface area contributed by atoms with Gasteiger partial charge in [-0.2, -0.15) is 0 Å². The van der Waals surface area contributed by atoms with Crippen LogP contribution in [0.25, 0.3) is 0 Å². The van der Waals surface area contributed by atoms with Gasteiger partial charge >= 0.3 is 0 Å². The molecule has 0 aromatic rings. The zero-order valence-electron chi connectivity index (χ0n) is 12.3. The van der Waals surface area contributed by atoms with E-state index in [-0.39, 0.29) is 6.10 Å². The van der Waals surface area contributed by atoms with Crippen molar-refractivity contribution in [3.05, 3.63) is 0 Å². The Morgan fingerprint density at radius 2 is 1.42 bits per heavy atom. The molecule has 3 aliphatic rings. The molecule has 5 unspecified atom stereocenters. The Kier molecular flexibility index (Phi) is 4.81. The van der Waals surface area contributed by atoms with Gasteiger partial charge in [0.05, 0.1) is 6.10 Å². The van der Waals surface area contributed by atoms with Crippen LogP contribution in [-0.2, 0) is 0 Å². The molecule has 0 heterocycles. The fraction of sp³-hybridized carbons (Fsp3) is 1.00. The quantitative estimate of drug-likeness (QED) is 0.747. The average Bonchev–Trinajstić information content (AvgIpc) is 2.64. The third-order valence-electron chi connectivity index (χ3n) is 5.97. The van der Waals surface area contributed by atoms with Crippen molar-refractivity contribution in [2.75, 3.05) is 0 Å². The molecule has 0 saturated heterocycles. The lowest BCUT2D eigenvalue weighted by Gasteiger charge is -2.41. The van der Waals surface area contributed by atoms with E-state index in [0.29, 0.717) is 12.1 Å². The molecule has 0 aromatic carbocycles. The summed E-state index contributed by atoms with van der Waals surface area (Å²) in [6.07, 6.45) is 16.0. The zero-order chi connectivity index (χ0) is 13.1. The molecule has 0 bridgehead atoms. The van der Waals surface area contributed by atoms with Crippen LogP contribution in [0.4, 0.5) is 0 Å². The van der Waals surface area contributed by atoms with E-state index < -0.39 is 0 Å². The molecule has 0 spiro atoms. The number of aliphatic hydroxyl groups is 1. The van der Waals surface area contributed by atoms with E-state index in [1.54, 1.807) is 0 Å². The van der Waals surface area contributed by atoms with E-state index >= 15 is 0 Å². The molecule has 0 aliphatic heterocycles. The molecule has 3 saturated carbocycles. The van der Waals surface area contributed by atoms with Crippen molar-refractivity contribution in [3.8, 4) is 0 Å². The Balaban J connectivity index is 1.52. The summed E-state index contributed by atoms with van der Waals surface area (Å²) in [5, 5.41) is 14.1. The van der Waals surface area contributed by atoms with Crippen molar-refractivity contribution in [1.29, 1.82) is 0 Å². The molecule has 0 radical (unpaired) electrons. The van der Waals surface area contributed by atoms with Gasteiger partial charge in [0.25, 0.3) is 0 Å². The third-order valence-corrected chi connectivity index (χ3v) is 5.97. The van der Waals surface area contributed by atoms with E-state index in [2.05, 4.69) is 5.32 Å². The molecule has 3 fully saturated rings. The Morgan fingerprint density at radius 1 is 0.684 bits per heavy atom. The van der Waals surface area contributed by atoms with Crippen LogP contribution in [0.5, 0.6) is 0 Å². The van der Waals surface area contributed by atoms with Gasteiger partial charge in [-0.1, -0.05) is 44.9 Å². The number of aliphatic hydroxyl groups excluding tert-OH is 1. The van der Waals surface area contributed by atoms with Crippen molar-refractivity contribution >= 4 is 0 Å². The van der Waals surface area contributed by atoms with E-state index in [9.17, 15) is 5.11 Å². The Bertz CT molecular complexity index is 280. The molecule has 2 heteroatoms. The normalized spacial score (nSPS) is 44.4. The highest BCUT2D eigenvalue weighted by Gasteiger charge is 2.33. The van der Waals surface area contributed by atoms with E-state index in [1.807, 2.05) is 0 Å². The van der Waals surface area contributed by atoms with E-state index in [1.165, 1.54) is 70.6 Å². The smallest absolute Gasteiger partial charge is 0.0693 e. The monoisotopic (exact) mass is 265 g/mol. The second kappa shape index (κ2) is 6.58. The molecule has 5 atom stereocenters. The van der Waals surface area contributed by atoms with Crippen LogP contribution in [0.3, 0.4) is 0 Å². The van der Waals surface area contributed by atoms with Gasteiger partial charge in [-0.15, -0.1) is 0 Å². The van der Waals surface area contributed by atoms with Gasteiger partial charge in [0.2, 0.25) is 0 Å². The van der Waals surface area contributed by atoms with Crippen molar-refractivity contribution < 1.29 is 5.11 Å². The van der Waals surface area contributed by atoms with Crippen LogP contribution in [0.2, 0.25) is 0 Å². The first-order valence-corrected chi connectivity index (χ1v) is 8.77. The van der Waals surface area contributed by atoms with Crippen molar-refractivity contribution in [1.82, 2.24) is 5.32 Å². The summed E-state index contributed by atoms with van der Waals surface area (Å²) in [6.45, 7) is 0. The Morgan fingerprint density at radius 3 is 2.32 bits per heavy atom. The van der Waals surface area contributed by atoms with Crippen LogP contribution in [0.15, 0.2) is 0 Å². The minimum Gasteiger partial charge on any atom is -0.392 e. The van der Waals surface area contributed by atoms with Gasteiger partial charge in [-0.25, -0.2) is 0 Å². The summed E-state index contributed by atoms with van der Waals surface area (Å²) < 4.78 is 0. The lowest BCUT2D eigenvalue weighted by Crippen LogP contribution is -2.48. The number of nitrogens with one attached hydrogen (secondary N) is 1. The van der Waals surface area contributed by atoms with Crippen LogP contribution in [-0.4, -0.2) is 23.3 Å². The first-order valence-electron chi connectivity index (χ1n) is 8.77. The molecule has 110 valence electrons. The highest BCUT2D eigenvalue weighted by molar-refractivity contribution is 4.89. The van der Waals surface area contributed by atoms with Crippen molar-refractivity contribution in [3.63, 3.8) is 0 Å². The number of fused-ring (bicyclic) bond motifs is 1. The number of hydrogen-bond donors (Lipinski definition) is 2. The summed E-state index contributed by atoms with van der Waals surface area (Å²) in [7, 11) is 0. The summed E-state index contributed by atoms with van der Waals surface area (Å²) in [5.74, 6) is 2.02. The molecule has 0 aromatic heterocycles. The summed E-state index contributed by atoms with van der Waals surface area (Å²) in [4.78, 5) is 0. The zero-order valence-corrected chi connectivity index (χ0v) is 12.3. The van der Waals surface area contributed by atoms with Crippen LogP contribution >= 0.6 is 0 Å². The lowest BCUT2D eigenvalue weighted by atomic mass is 9.69. The maximum atomic E-state index is 10.2.